The molecule has 0 radical (unpaired) electrons. The van der Waals surface area contributed by atoms with Crippen LogP contribution in [-0.4, -0.2) is 237 Å². The largest absolute Gasteiger partial charge is 0.508 e. The lowest BCUT2D eigenvalue weighted by Crippen LogP contribution is -2.64. The van der Waals surface area contributed by atoms with E-state index in [1.807, 2.05) is 27.7 Å². The summed E-state index contributed by atoms with van der Waals surface area (Å²) in [7, 11) is 1.47. The fourth-order valence-electron chi connectivity index (χ4n) is 19.1. The summed E-state index contributed by atoms with van der Waals surface area (Å²) in [5, 5.41) is 140. The van der Waals surface area contributed by atoms with Crippen LogP contribution in [0.5, 0.6) is 57.5 Å². The number of nitrogens with one attached hydrogen (secondary N) is 12. The molecule has 15 bridgehead atoms. The molecule has 11 aliphatic rings. The number of aromatic hydroxyl groups is 3. The van der Waals surface area contributed by atoms with Gasteiger partial charge in [-0.15, -0.1) is 0 Å². The molecule has 6 fully saturated rings. The van der Waals surface area contributed by atoms with Crippen molar-refractivity contribution in [1.82, 2.24) is 58.5 Å². The average molecular weight is 1900 g/mol. The third-order valence-electron chi connectivity index (χ3n) is 25.7. The Morgan fingerprint density at radius 2 is 1.26 bits per heavy atom. The number of imide groups is 1. The van der Waals surface area contributed by atoms with Crippen molar-refractivity contribution in [3.63, 3.8) is 0 Å². The lowest BCUT2D eigenvalue weighted by Gasteiger charge is -2.54. The number of carbonyl (C=O) groups is 9. The Morgan fingerprint density at radius 3 is 1.88 bits per heavy atom. The zero-order chi connectivity index (χ0) is 96.0. The summed E-state index contributed by atoms with van der Waals surface area (Å²) in [4.78, 5) is 141. The maximum absolute atomic E-state index is 16.8. The normalized spacial score (nSPS) is 29.1. The highest BCUT2D eigenvalue weighted by molar-refractivity contribution is 6.32. The number of rotatable bonds is 27. The summed E-state index contributed by atoms with van der Waals surface area (Å²) < 4.78 is 51.4. The van der Waals surface area contributed by atoms with Crippen molar-refractivity contribution < 1.29 is 127 Å². The summed E-state index contributed by atoms with van der Waals surface area (Å²) in [6.07, 6.45) is -13.1. The number of phenolic OH excluding ortho intramolecular Hbond substituents is 3. The number of aliphatic hydroxyl groups is 6. The van der Waals surface area contributed by atoms with Crippen molar-refractivity contribution in [2.24, 2.45) is 35.3 Å². The van der Waals surface area contributed by atoms with Crippen LogP contribution in [0.3, 0.4) is 0 Å². The first-order valence-corrected chi connectivity index (χ1v) is 45.9. The van der Waals surface area contributed by atoms with Gasteiger partial charge in [0.2, 0.25) is 59.3 Å². The SMILES string of the molecule is CCCNCCOc1ccc(OCCNCCC)c(NC(=O)NC(=O)C[C@@H]2NC(=O)[C@H](NC(=O)[C@@H](CC(C)C)NC)[C@H](O)c3ccc(c(Cl)c3)Oc3cc4cc(c3O[C@@H]3O[C@H](CO)[C@@H](O)[C@H](O)[C@H]3O[C@H]3C[C@](C)(N)[C@H](O)[C@H](C)O3)Oc3ccc(cc3Cl)[C@@H](O)[C@@H]3NC(=O)[C@H](NC(=O)[C@@H]4NC2=O)c2ccc(O)c(c2)-c2c(O)cc(O)cc2[C@@H](C(=O)NC2C4CC5CC(C4)CC2C5)NC3=O)c1. The number of urea groups is 1. The van der Waals surface area contributed by atoms with E-state index in [1.165, 1.54) is 57.3 Å². The van der Waals surface area contributed by atoms with Crippen LogP contribution in [0.2, 0.25) is 10.0 Å². The third-order valence-corrected chi connectivity index (χ3v) is 26.3. The van der Waals surface area contributed by atoms with Gasteiger partial charge in [-0.1, -0.05) is 69.1 Å². The van der Waals surface area contributed by atoms with Gasteiger partial charge in [0.1, 0.15) is 120 Å². The van der Waals surface area contributed by atoms with E-state index >= 15 is 33.6 Å². The van der Waals surface area contributed by atoms with Gasteiger partial charge in [-0.2, -0.15) is 0 Å². The van der Waals surface area contributed by atoms with Crippen molar-refractivity contribution in [1.29, 1.82) is 0 Å². The van der Waals surface area contributed by atoms with E-state index in [0.717, 1.165) is 99.5 Å². The molecule has 724 valence electrons. The zero-order valence-electron chi connectivity index (χ0n) is 74.8. The van der Waals surface area contributed by atoms with Crippen LogP contribution in [0, 0.1) is 29.6 Å². The molecule has 0 aromatic heterocycles. The summed E-state index contributed by atoms with van der Waals surface area (Å²) in [5.41, 5.74) is 2.85. The first-order chi connectivity index (χ1) is 64.0. The van der Waals surface area contributed by atoms with Crippen molar-refractivity contribution in [3.05, 3.63) is 135 Å². The Bertz CT molecular complexity index is 5320. The minimum atomic E-state index is -2.45. The number of anilines is 1. The second kappa shape index (κ2) is 42.9. The maximum atomic E-state index is 16.8. The number of benzene rings is 6. The number of ether oxygens (including phenoxy) is 8. The highest BCUT2D eigenvalue weighted by Gasteiger charge is 2.54. The quantitative estimate of drug-likeness (QED) is 0.0314. The van der Waals surface area contributed by atoms with E-state index in [2.05, 4.69) is 63.8 Å². The molecule has 4 aliphatic carbocycles. The molecule has 41 heteroatoms. The van der Waals surface area contributed by atoms with E-state index in [-0.39, 0.29) is 100 Å². The molecule has 7 aliphatic heterocycles. The predicted molar refractivity (Wildman–Crippen MR) is 482 cm³/mol. The molecule has 39 nitrogen and oxygen atoms in total. The van der Waals surface area contributed by atoms with Crippen LogP contribution < -0.4 is 93.2 Å². The van der Waals surface area contributed by atoms with E-state index in [0.29, 0.717) is 38.0 Å². The first kappa shape index (κ1) is 99.0. The van der Waals surface area contributed by atoms with Gasteiger partial charge in [0, 0.05) is 54.4 Å². The monoisotopic (exact) mass is 1900 g/mol. The van der Waals surface area contributed by atoms with Gasteiger partial charge in [-0.25, -0.2) is 4.79 Å². The van der Waals surface area contributed by atoms with Crippen LogP contribution in [0.15, 0.2) is 97.1 Å². The topological polar surface area (TPSA) is 580 Å². The standard InChI is InChI=1S/C93H117Cl2N13O26/c1-8-18-98-20-22-127-52-13-17-64(128-23-21-99-19-9-2)57(37-52)101-92(126)102-68(113)38-59-85(120)104-73-50-33-65(130-62-15-11-46(31-55(62)94)77(114)75(89(124)100-59)107-84(119)58(97-7)24-41(3)4)81(134-91-82(80(117)79(116)67(40-109)132-91)133-69-39-93(6,96)83(118)42(5)129-69)66(34-50)131-63-16-12-47(32-56(63)95)78(115)76-90(125)106-74(88(123)103-71-48-26-43-25-44(28-48)29-49(71)27-43)54-35-51(110)36-61(112)70(54)53-30-45(10-14-60(53)111)72(86(121)108-76)105-87(73)122/h10-17,30-37,41-44,48-49,58-59,67,69,71-80,82-83,91,97-99,109-112,114-118H,8-9,18-29,38-40,96H2,1-7H3,(H,100,124)(H,103,123)(H,104,120)(H,105,122)(H,106,125)(H,107,119)(H,108,121)(H2,101,102,113,126)/t42-,43?,44?,48?,49?,58+,59-,67+,69-,71?,72+,73+,74-,75+,76-,77+,78+,79+,80-,82+,83+,91-,93-/m0/s1. The molecule has 10 amide bonds. The Morgan fingerprint density at radius 1 is 0.642 bits per heavy atom. The lowest BCUT2D eigenvalue weighted by molar-refractivity contribution is -0.333. The van der Waals surface area contributed by atoms with Gasteiger partial charge in [0.15, 0.2) is 23.9 Å². The highest BCUT2D eigenvalue weighted by Crippen LogP contribution is 2.55. The second-order valence-electron chi connectivity index (χ2n) is 36.2. The number of amides is 10. The number of hydrogen-bond donors (Lipinski definition) is 22. The predicted octanol–water partition coefficient (Wildman–Crippen LogP) is 4.58. The highest BCUT2D eigenvalue weighted by atomic mass is 35.5. The molecular weight excluding hydrogens is 1790 g/mol. The van der Waals surface area contributed by atoms with E-state index in [9.17, 15) is 55.5 Å². The number of phenols is 3. The van der Waals surface area contributed by atoms with E-state index in [4.69, 9.17) is 66.8 Å². The van der Waals surface area contributed by atoms with Crippen molar-refractivity contribution in [2.75, 3.05) is 58.4 Å². The van der Waals surface area contributed by atoms with Gasteiger partial charge < -0.3 is 148 Å². The zero-order valence-corrected chi connectivity index (χ0v) is 76.3. The fourth-order valence-corrected chi connectivity index (χ4v) is 19.6. The van der Waals surface area contributed by atoms with Crippen LogP contribution in [0.25, 0.3) is 11.1 Å². The molecule has 4 saturated carbocycles. The van der Waals surface area contributed by atoms with Crippen molar-refractivity contribution in [2.45, 2.75) is 221 Å². The van der Waals surface area contributed by atoms with Crippen LogP contribution in [-0.2, 0) is 52.6 Å². The first-order valence-electron chi connectivity index (χ1n) is 45.2. The number of aliphatic hydroxyl groups excluding tert-OH is 6. The average Bonchev–Trinajstić information content (AvgIpc) is 0.759. The molecule has 17 rings (SSSR count). The molecule has 18 atom stereocenters. The number of carbonyl (C=O) groups excluding carboxylic acids is 9. The van der Waals surface area contributed by atoms with Crippen LogP contribution in [0.1, 0.15) is 164 Å². The summed E-state index contributed by atoms with van der Waals surface area (Å²) >= 11 is 14.6. The lowest BCUT2D eigenvalue weighted by atomic mass is 9.54. The summed E-state index contributed by atoms with van der Waals surface area (Å²) in [6, 6.07) is 2.96. The van der Waals surface area contributed by atoms with Gasteiger partial charge in [0.05, 0.1) is 47.0 Å². The molecule has 6 aromatic rings. The molecule has 0 unspecified atom stereocenters. The molecule has 0 spiro atoms. The van der Waals surface area contributed by atoms with Gasteiger partial charge in [0.25, 0.3) is 0 Å². The van der Waals surface area contributed by atoms with Gasteiger partial charge in [-0.05, 0) is 209 Å². The third kappa shape index (κ3) is 22.5. The minimum Gasteiger partial charge on any atom is -0.508 e. The maximum Gasteiger partial charge on any atom is 0.325 e. The minimum absolute atomic E-state index is 0.000730. The molecule has 134 heavy (non-hydrogen) atoms. The Kier molecular flexibility index (Phi) is 31.7. The number of hydrogen-bond acceptors (Lipinski definition) is 30. The smallest absolute Gasteiger partial charge is 0.325 e. The molecule has 7 heterocycles. The van der Waals surface area contributed by atoms with Gasteiger partial charge in [-0.3, -0.25) is 43.7 Å². The Labute approximate surface area is 782 Å². The molecule has 2 saturated heterocycles. The summed E-state index contributed by atoms with van der Waals surface area (Å²) in [6.45, 7) is 12.2. The Balaban J connectivity index is 0.946. The van der Waals surface area contributed by atoms with Crippen LogP contribution in [0.4, 0.5) is 10.5 Å². The van der Waals surface area contributed by atoms with Gasteiger partial charge >= 0.3 is 6.03 Å². The van der Waals surface area contributed by atoms with Crippen molar-refractivity contribution >= 4 is 82.2 Å². The van der Waals surface area contributed by atoms with Crippen molar-refractivity contribution in [3.8, 4) is 68.6 Å². The van der Waals surface area contributed by atoms with E-state index in [1.54, 1.807) is 6.07 Å². The Hall–Kier alpha value is -11.0. The van der Waals surface area contributed by atoms with Crippen LogP contribution >= 0.6 is 23.2 Å². The number of halogens is 2. The molecular formula is C93H117Cl2N13O26. The fraction of sp³-hybridized carbons (Fsp3) is 0.516. The number of likely N-dealkylation sites (N-methyl/N-ethyl adjacent to an activating group) is 1. The second-order valence-corrected chi connectivity index (χ2v) is 37.0. The van der Waals surface area contributed by atoms with E-state index < -0.39 is 237 Å². The number of fused-ring (bicyclic) bond motifs is 15. The summed E-state index contributed by atoms with van der Waals surface area (Å²) in [5.74, 6) is -13.6. The molecule has 6 aromatic carbocycles. The molecule has 23 N–H and O–H groups in total. The number of nitrogens with two attached hydrogens (primary N) is 1.